The molecule has 0 amide bonds. The maximum atomic E-state index is 10.8. The molecule has 0 aliphatic rings. The van der Waals surface area contributed by atoms with Crippen LogP contribution in [-0.4, -0.2) is 13.1 Å². The summed E-state index contributed by atoms with van der Waals surface area (Å²) in [7, 11) is 1.53. The molecule has 0 radical (unpaired) electrons. The number of methoxy groups -OCH3 is 1. The molecule has 1 aromatic rings. The zero-order chi connectivity index (χ0) is 10.7. The summed E-state index contributed by atoms with van der Waals surface area (Å²) in [6.07, 6.45) is 0. The predicted molar refractivity (Wildman–Crippen MR) is 56.7 cm³/mol. The Hall–Kier alpha value is -1.03. The summed E-state index contributed by atoms with van der Waals surface area (Å²) in [6.45, 7) is 3.27. The number of carbonyl (C=O) groups excluding carboxylic acids is 1. The van der Waals surface area contributed by atoms with Crippen LogP contribution >= 0.6 is 15.9 Å². The molecule has 0 fully saturated rings. The van der Waals surface area contributed by atoms with Crippen LogP contribution in [0.1, 0.15) is 12.5 Å². The number of carbonyl (C=O) groups is 1. The van der Waals surface area contributed by atoms with Gasteiger partial charge in [-0.2, -0.15) is 0 Å². The molecule has 0 saturated carbocycles. The number of hydrogen-bond acceptors (Lipinski definition) is 3. The summed E-state index contributed by atoms with van der Waals surface area (Å²) in [5.41, 5.74) is 0.994. The smallest absolute Gasteiger partial charge is 0.308 e. The normalized spacial score (nSPS) is 9.71. The van der Waals surface area contributed by atoms with Gasteiger partial charge < -0.3 is 9.47 Å². The quantitative estimate of drug-likeness (QED) is 0.605. The largest absolute Gasteiger partial charge is 0.492 e. The van der Waals surface area contributed by atoms with Gasteiger partial charge in [0.2, 0.25) is 0 Å². The van der Waals surface area contributed by atoms with Crippen LogP contribution in [0.3, 0.4) is 0 Å². The molecule has 0 aromatic heterocycles. The molecule has 0 unspecified atom stereocenters. The summed E-state index contributed by atoms with van der Waals surface area (Å²) in [5.74, 6) is 0.610. The Morgan fingerprint density at radius 1 is 1.43 bits per heavy atom. The molecule has 3 nitrogen and oxygen atoms in total. The zero-order valence-corrected chi connectivity index (χ0v) is 9.84. The van der Waals surface area contributed by atoms with Gasteiger partial charge in [0, 0.05) is 6.92 Å². The van der Waals surface area contributed by atoms with Crippen LogP contribution in [0.5, 0.6) is 11.5 Å². The minimum Gasteiger partial charge on any atom is -0.492 e. The van der Waals surface area contributed by atoms with Gasteiger partial charge in [-0.15, -0.1) is 0 Å². The van der Waals surface area contributed by atoms with Crippen LogP contribution in [0.25, 0.3) is 0 Å². The number of benzene rings is 1. The highest BCUT2D eigenvalue weighted by Gasteiger charge is 2.11. The first-order valence-electron chi connectivity index (χ1n) is 4.07. The van der Waals surface area contributed by atoms with Gasteiger partial charge in [-0.05, 0) is 40.5 Å². The molecule has 0 atom stereocenters. The van der Waals surface area contributed by atoms with Crippen molar-refractivity contribution >= 4 is 21.9 Å². The van der Waals surface area contributed by atoms with Gasteiger partial charge in [0.25, 0.3) is 0 Å². The molecule has 76 valence electrons. The molecule has 0 N–H and O–H groups in total. The van der Waals surface area contributed by atoms with Crippen LogP contribution in [0.15, 0.2) is 16.6 Å². The average molecular weight is 259 g/mol. The van der Waals surface area contributed by atoms with E-state index >= 15 is 0 Å². The molecule has 1 aromatic carbocycles. The fourth-order valence-electron chi connectivity index (χ4n) is 1.13. The lowest BCUT2D eigenvalue weighted by Crippen LogP contribution is -2.03. The maximum absolute atomic E-state index is 10.8. The summed E-state index contributed by atoms with van der Waals surface area (Å²) in [4.78, 5) is 10.8. The molecule has 4 heteroatoms. The van der Waals surface area contributed by atoms with Crippen LogP contribution in [0.2, 0.25) is 0 Å². The second-order valence-corrected chi connectivity index (χ2v) is 3.73. The number of halogens is 1. The highest BCUT2D eigenvalue weighted by atomic mass is 79.9. The molecular formula is C10H11BrO3. The highest BCUT2D eigenvalue weighted by molar-refractivity contribution is 9.10. The van der Waals surface area contributed by atoms with Crippen molar-refractivity contribution in [3.8, 4) is 11.5 Å². The van der Waals surface area contributed by atoms with Gasteiger partial charge in [-0.25, -0.2) is 0 Å². The Labute approximate surface area is 91.1 Å². The monoisotopic (exact) mass is 258 g/mol. The van der Waals surface area contributed by atoms with Gasteiger partial charge in [0.1, 0.15) is 0 Å². The molecule has 0 heterocycles. The van der Waals surface area contributed by atoms with Crippen molar-refractivity contribution in [2.45, 2.75) is 13.8 Å². The second-order valence-electron chi connectivity index (χ2n) is 2.87. The predicted octanol–water partition coefficient (Wildman–Crippen LogP) is 2.69. The van der Waals surface area contributed by atoms with E-state index < -0.39 is 0 Å². The first-order chi connectivity index (χ1) is 6.54. The van der Waals surface area contributed by atoms with Crippen molar-refractivity contribution in [1.82, 2.24) is 0 Å². The number of esters is 1. The minimum atomic E-state index is -0.360. The standard InChI is InChI=1S/C10H11BrO3/c1-6-4-8(11)10(13-3)9(5-6)14-7(2)12/h4-5H,1-3H3. The second kappa shape index (κ2) is 4.46. The molecule has 14 heavy (non-hydrogen) atoms. The number of ether oxygens (including phenoxy) is 2. The lowest BCUT2D eigenvalue weighted by molar-refractivity contribution is -0.132. The molecule has 0 saturated heterocycles. The Balaban J connectivity index is 3.17. The van der Waals surface area contributed by atoms with Gasteiger partial charge in [-0.1, -0.05) is 0 Å². The van der Waals surface area contributed by atoms with E-state index in [1.165, 1.54) is 14.0 Å². The van der Waals surface area contributed by atoms with E-state index in [0.29, 0.717) is 11.5 Å². The van der Waals surface area contributed by atoms with Gasteiger partial charge in [0.05, 0.1) is 11.6 Å². The molecule has 0 aliphatic carbocycles. The van der Waals surface area contributed by atoms with Crippen molar-refractivity contribution < 1.29 is 14.3 Å². The number of rotatable bonds is 2. The van der Waals surface area contributed by atoms with Crippen LogP contribution in [0.4, 0.5) is 0 Å². The molecule has 0 aliphatic heterocycles. The minimum absolute atomic E-state index is 0.360. The Kier molecular flexibility index (Phi) is 3.52. The van der Waals surface area contributed by atoms with Crippen molar-refractivity contribution in [3.63, 3.8) is 0 Å². The van der Waals surface area contributed by atoms with E-state index in [0.717, 1.165) is 10.0 Å². The number of hydrogen-bond donors (Lipinski definition) is 0. The molecule has 0 spiro atoms. The third kappa shape index (κ3) is 2.48. The lowest BCUT2D eigenvalue weighted by atomic mass is 10.2. The van der Waals surface area contributed by atoms with Gasteiger partial charge in [0.15, 0.2) is 11.5 Å². The first-order valence-corrected chi connectivity index (χ1v) is 4.86. The van der Waals surface area contributed by atoms with Crippen LogP contribution in [-0.2, 0) is 4.79 Å². The van der Waals surface area contributed by atoms with E-state index in [1.807, 2.05) is 13.0 Å². The van der Waals surface area contributed by atoms with Crippen molar-refractivity contribution in [2.75, 3.05) is 7.11 Å². The summed E-state index contributed by atoms with van der Waals surface area (Å²) < 4.78 is 10.9. The maximum Gasteiger partial charge on any atom is 0.308 e. The van der Waals surface area contributed by atoms with Gasteiger partial charge >= 0.3 is 5.97 Å². The molecule has 1 rings (SSSR count). The highest BCUT2D eigenvalue weighted by Crippen LogP contribution is 2.36. The lowest BCUT2D eigenvalue weighted by Gasteiger charge is -2.10. The van der Waals surface area contributed by atoms with Crippen molar-refractivity contribution in [1.29, 1.82) is 0 Å². The van der Waals surface area contributed by atoms with Crippen molar-refractivity contribution in [2.24, 2.45) is 0 Å². The van der Waals surface area contributed by atoms with E-state index in [-0.39, 0.29) is 5.97 Å². The summed E-state index contributed by atoms with van der Waals surface area (Å²) in [5, 5.41) is 0. The third-order valence-electron chi connectivity index (χ3n) is 1.61. The molecular weight excluding hydrogens is 248 g/mol. The third-order valence-corrected chi connectivity index (χ3v) is 2.20. The topological polar surface area (TPSA) is 35.5 Å². The summed E-state index contributed by atoms with van der Waals surface area (Å²) >= 11 is 3.33. The first kappa shape index (κ1) is 11.0. The average Bonchev–Trinajstić information content (AvgIpc) is 2.01. The van der Waals surface area contributed by atoms with Crippen LogP contribution in [0, 0.1) is 6.92 Å². The fraction of sp³-hybridized carbons (Fsp3) is 0.300. The Morgan fingerprint density at radius 2 is 2.07 bits per heavy atom. The van der Waals surface area contributed by atoms with Gasteiger partial charge in [-0.3, -0.25) is 4.79 Å². The Bertz CT molecular complexity index is 361. The van der Waals surface area contributed by atoms with E-state index in [1.54, 1.807) is 6.07 Å². The van der Waals surface area contributed by atoms with Crippen LogP contribution < -0.4 is 9.47 Å². The van der Waals surface area contributed by atoms with E-state index in [2.05, 4.69) is 15.9 Å². The Morgan fingerprint density at radius 3 is 2.57 bits per heavy atom. The SMILES string of the molecule is COc1c(Br)cc(C)cc1OC(C)=O. The van der Waals surface area contributed by atoms with Crippen molar-refractivity contribution in [3.05, 3.63) is 22.2 Å². The summed E-state index contributed by atoms with van der Waals surface area (Å²) in [6, 6.07) is 3.65. The fourth-order valence-corrected chi connectivity index (χ4v) is 1.84. The molecule has 0 bridgehead atoms. The van der Waals surface area contributed by atoms with E-state index in [9.17, 15) is 4.79 Å². The number of aryl methyl sites for hydroxylation is 1. The zero-order valence-electron chi connectivity index (χ0n) is 8.26. The van der Waals surface area contributed by atoms with E-state index in [4.69, 9.17) is 9.47 Å².